The van der Waals surface area contributed by atoms with E-state index in [9.17, 15) is 5.26 Å². The van der Waals surface area contributed by atoms with Gasteiger partial charge in [0.2, 0.25) is 0 Å². The SMILES string of the molecule is C=C(/C=C(\N=C(\C)C(C)CC)c1ccccc1C#N)Oc1cc(N)ccc1C. The number of benzene rings is 2. The third kappa shape index (κ3) is 5.34. The average Bonchev–Trinajstić information content (AvgIpc) is 2.69. The van der Waals surface area contributed by atoms with Crippen molar-refractivity contribution in [1.29, 1.82) is 5.26 Å². The van der Waals surface area contributed by atoms with Gasteiger partial charge in [0.15, 0.2) is 0 Å². The summed E-state index contributed by atoms with van der Waals surface area (Å²) < 4.78 is 5.92. The first-order valence-electron chi connectivity index (χ1n) is 9.35. The minimum atomic E-state index is 0.336. The number of aryl methyl sites for hydroxylation is 1. The number of hydrogen-bond donors (Lipinski definition) is 1. The minimum absolute atomic E-state index is 0.336. The van der Waals surface area contributed by atoms with Crippen molar-refractivity contribution in [2.45, 2.75) is 34.1 Å². The molecule has 2 aromatic rings. The minimum Gasteiger partial charge on any atom is -0.458 e. The molecule has 2 rings (SSSR count). The molecule has 4 heteroatoms. The van der Waals surface area contributed by atoms with Crippen LogP contribution in [0.25, 0.3) is 5.70 Å². The monoisotopic (exact) mass is 373 g/mol. The lowest BCUT2D eigenvalue weighted by atomic mass is 10.0. The molecule has 2 aromatic carbocycles. The molecule has 0 aliphatic carbocycles. The fourth-order valence-electron chi connectivity index (χ4n) is 2.62. The standard InChI is InChI=1S/C24H27N3O/c1-6-16(2)19(5)27-23(22-10-8-7-9-20(22)15-25)13-18(4)28-24-14-21(26)12-11-17(24)3/h7-14,16H,4,6,26H2,1-3,5H3/b23-13-,27-19-. The van der Waals surface area contributed by atoms with E-state index in [1.54, 1.807) is 18.2 Å². The van der Waals surface area contributed by atoms with Crippen molar-refractivity contribution in [2.75, 3.05) is 5.73 Å². The highest BCUT2D eigenvalue weighted by atomic mass is 16.5. The molecule has 28 heavy (non-hydrogen) atoms. The number of hydrogen-bond acceptors (Lipinski definition) is 4. The van der Waals surface area contributed by atoms with Gasteiger partial charge in [-0.15, -0.1) is 0 Å². The maximum Gasteiger partial charge on any atom is 0.132 e. The Balaban J connectivity index is 2.47. The first-order valence-corrected chi connectivity index (χ1v) is 9.35. The summed E-state index contributed by atoms with van der Waals surface area (Å²) in [5.41, 5.74) is 10.4. The number of nitrogens with two attached hydrogens (primary N) is 1. The molecule has 0 fully saturated rings. The molecule has 0 saturated carbocycles. The van der Waals surface area contributed by atoms with E-state index in [0.717, 1.165) is 23.3 Å². The van der Waals surface area contributed by atoms with Gasteiger partial charge in [0, 0.05) is 29.1 Å². The van der Waals surface area contributed by atoms with Crippen LogP contribution in [0.15, 0.2) is 65.9 Å². The third-order valence-corrected chi connectivity index (χ3v) is 4.70. The first-order chi connectivity index (χ1) is 13.3. The van der Waals surface area contributed by atoms with Gasteiger partial charge >= 0.3 is 0 Å². The largest absolute Gasteiger partial charge is 0.458 e. The number of nitrogens with zero attached hydrogens (tertiary/aromatic N) is 2. The van der Waals surface area contributed by atoms with E-state index in [2.05, 4.69) is 26.5 Å². The summed E-state index contributed by atoms with van der Waals surface area (Å²) in [4.78, 5) is 4.81. The van der Waals surface area contributed by atoms with E-state index in [1.165, 1.54) is 0 Å². The molecule has 0 aromatic heterocycles. The number of aliphatic imine (C=N–C) groups is 1. The van der Waals surface area contributed by atoms with Gasteiger partial charge in [-0.3, -0.25) is 4.99 Å². The molecule has 0 spiro atoms. The molecular formula is C24H27N3O. The van der Waals surface area contributed by atoms with Crippen molar-refractivity contribution in [2.24, 2.45) is 10.9 Å². The van der Waals surface area contributed by atoms with Gasteiger partial charge in [-0.1, -0.05) is 44.7 Å². The second-order valence-corrected chi connectivity index (χ2v) is 6.84. The maximum atomic E-state index is 9.50. The van der Waals surface area contributed by atoms with E-state index in [1.807, 2.05) is 44.2 Å². The van der Waals surface area contributed by atoms with E-state index in [0.29, 0.717) is 34.4 Å². The van der Waals surface area contributed by atoms with Gasteiger partial charge in [-0.05, 0) is 43.9 Å². The highest BCUT2D eigenvalue weighted by molar-refractivity contribution is 5.90. The molecule has 4 nitrogen and oxygen atoms in total. The Morgan fingerprint density at radius 1 is 1.32 bits per heavy atom. The summed E-state index contributed by atoms with van der Waals surface area (Å²) in [6.45, 7) is 12.2. The van der Waals surface area contributed by atoms with Crippen molar-refractivity contribution in [3.63, 3.8) is 0 Å². The Morgan fingerprint density at radius 3 is 2.71 bits per heavy atom. The van der Waals surface area contributed by atoms with Crippen molar-refractivity contribution < 1.29 is 4.74 Å². The van der Waals surface area contributed by atoms with Crippen LogP contribution in [-0.2, 0) is 0 Å². The van der Waals surface area contributed by atoms with E-state index in [4.69, 9.17) is 15.5 Å². The van der Waals surface area contributed by atoms with Gasteiger partial charge in [-0.2, -0.15) is 5.26 Å². The summed E-state index contributed by atoms with van der Waals surface area (Å²) in [5.74, 6) is 1.41. The zero-order valence-electron chi connectivity index (χ0n) is 17.0. The highest BCUT2D eigenvalue weighted by Gasteiger charge is 2.11. The summed E-state index contributed by atoms with van der Waals surface area (Å²) in [7, 11) is 0. The molecule has 1 unspecified atom stereocenters. The molecule has 0 radical (unpaired) electrons. The molecule has 0 saturated heterocycles. The van der Waals surface area contributed by atoms with Crippen molar-refractivity contribution >= 4 is 17.1 Å². The second-order valence-electron chi connectivity index (χ2n) is 6.84. The average molecular weight is 374 g/mol. The Hall–Kier alpha value is -3.32. The van der Waals surface area contributed by atoms with Crippen molar-refractivity contribution in [3.05, 3.63) is 77.6 Å². The quantitative estimate of drug-likeness (QED) is 0.285. The molecule has 2 N–H and O–H groups in total. The van der Waals surface area contributed by atoms with E-state index >= 15 is 0 Å². The number of nitriles is 1. The third-order valence-electron chi connectivity index (χ3n) is 4.70. The summed E-state index contributed by atoms with van der Waals surface area (Å²) >= 11 is 0. The van der Waals surface area contributed by atoms with Crippen LogP contribution in [0.1, 0.15) is 43.9 Å². The maximum absolute atomic E-state index is 9.50. The Labute approximate surface area is 167 Å². The normalized spacial score (nSPS) is 13.0. The van der Waals surface area contributed by atoms with Crippen LogP contribution in [0.2, 0.25) is 0 Å². The zero-order chi connectivity index (χ0) is 20.7. The zero-order valence-corrected chi connectivity index (χ0v) is 17.0. The van der Waals surface area contributed by atoms with Crippen LogP contribution in [0, 0.1) is 24.2 Å². The fraction of sp³-hybridized carbons (Fsp3) is 0.250. The van der Waals surface area contributed by atoms with Gasteiger partial charge in [0.25, 0.3) is 0 Å². The summed E-state index contributed by atoms with van der Waals surface area (Å²) in [6, 6.07) is 15.1. The smallest absolute Gasteiger partial charge is 0.132 e. The lowest BCUT2D eigenvalue weighted by molar-refractivity contribution is 0.444. The van der Waals surface area contributed by atoms with Gasteiger partial charge < -0.3 is 10.5 Å². The van der Waals surface area contributed by atoms with E-state index in [-0.39, 0.29) is 0 Å². The van der Waals surface area contributed by atoms with Crippen molar-refractivity contribution in [1.82, 2.24) is 0 Å². The highest BCUT2D eigenvalue weighted by Crippen LogP contribution is 2.26. The predicted octanol–water partition coefficient (Wildman–Crippen LogP) is 5.89. The van der Waals surface area contributed by atoms with Crippen LogP contribution in [0.4, 0.5) is 5.69 Å². The molecule has 0 aliphatic rings. The summed E-state index contributed by atoms with van der Waals surface area (Å²) in [6.07, 6.45) is 2.76. The molecule has 0 amide bonds. The fourth-order valence-corrected chi connectivity index (χ4v) is 2.62. The van der Waals surface area contributed by atoms with Crippen LogP contribution in [0.3, 0.4) is 0 Å². The van der Waals surface area contributed by atoms with Gasteiger partial charge in [-0.25, -0.2) is 0 Å². The summed E-state index contributed by atoms with van der Waals surface area (Å²) in [5, 5.41) is 9.50. The van der Waals surface area contributed by atoms with Crippen LogP contribution >= 0.6 is 0 Å². The first kappa shape index (κ1) is 21.0. The Bertz CT molecular complexity index is 964. The molecule has 1 atom stereocenters. The van der Waals surface area contributed by atoms with Gasteiger partial charge in [0.05, 0.1) is 17.3 Å². The number of anilines is 1. The Morgan fingerprint density at radius 2 is 2.04 bits per heavy atom. The second kappa shape index (κ2) is 9.57. The van der Waals surface area contributed by atoms with Crippen LogP contribution in [-0.4, -0.2) is 5.71 Å². The number of allylic oxidation sites excluding steroid dienone is 1. The number of nitrogen functional groups attached to an aromatic ring is 1. The molecule has 0 aliphatic heterocycles. The molecule has 0 heterocycles. The van der Waals surface area contributed by atoms with Crippen molar-refractivity contribution in [3.8, 4) is 11.8 Å². The molecule has 0 bridgehead atoms. The lowest BCUT2D eigenvalue weighted by Gasteiger charge is -2.13. The topological polar surface area (TPSA) is 71.4 Å². The molecular weight excluding hydrogens is 346 g/mol. The van der Waals surface area contributed by atoms with Crippen LogP contribution < -0.4 is 10.5 Å². The van der Waals surface area contributed by atoms with Crippen LogP contribution in [0.5, 0.6) is 5.75 Å². The lowest BCUT2D eigenvalue weighted by Crippen LogP contribution is -2.06. The number of ether oxygens (including phenoxy) is 1. The predicted molar refractivity (Wildman–Crippen MR) is 117 cm³/mol. The molecule has 144 valence electrons. The number of rotatable bonds is 7. The van der Waals surface area contributed by atoms with E-state index < -0.39 is 0 Å². The van der Waals surface area contributed by atoms with Gasteiger partial charge in [0.1, 0.15) is 11.5 Å². The Kier molecular flexibility index (Phi) is 7.17.